The molecule has 2 heterocycles. The third-order valence-corrected chi connectivity index (χ3v) is 1.97. The van der Waals surface area contributed by atoms with Crippen LogP contribution in [0.1, 0.15) is 5.69 Å². The third-order valence-electron chi connectivity index (χ3n) is 1.97. The fraction of sp³-hybridized carbons (Fsp3) is 0.222. The van der Waals surface area contributed by atoms with Crippen LogP contribution in [0, 0.1) is 6.92 Å². The summed E-state index contributed by atoms with van der Waals surface area (Å²) in [5.41, 5.74) is 1.09. The molecule has 0 saturated heterocycles. The van der Waals surface area contributed by atoms with Crippen molar-refractivity contribution in [3.05, 3.63) is 34.2 Å². The first kappa shape index (κ1) is 7.91. The van der Waals surface area contributed by atoms with Crippen LogP contribution in [0.5, 0.6) is 0 Å². The van der Waals surface area contributed by atoms with Gasteiger partial charge in [-0.2, -0.15) is 5.10 Å². The zero-order valence-electron chi connectivity index (χ0n) is 7.48. The van der Waals surface area contributed by atoms with Crippen LogP contribution in [0.2, 0.25) is 0 Å². The van der Waals surface area contributed by atoms with E-state index in [4.69, 9.17) is 0 Å². The molecule has 4 nitrogen and oxygen atoms in total. The monoisotopic (exact) mass is 175 g/mol. The van der Waals surface area contributed by atoms with Gasteiger partial charge in [0.15, 0.2) is 5.65 Å². The molecule has 0 saturated carbocycles. The highest BCUT2D eigenvalue weighted by molar-refractivity contribution is 5.74. The van der Waals surface area contributed by atoms with Gasteiger partial charge in [0.05, 0.1) is 5.39 Å². The van der Waals surface area contributed by atoms with Crippen LogP contribution in [0.3, 0.4) is 0 Å². The highest BCUT2D eigenvalue weighted by Gasteiger charge is 2.04. The van der Waals surface area contributed by atoms with Crippen molar-refractivity contribution in [2.45, 2.75) is 6.92 Å². The molecular weight excluding hydrogens is 166 g/mol. The van der Waals surface area contributed by atoms with Gasteiger partial charge in [0.2, 0.25) is 5.43 Å². The molecule has 0 spiro atoms. The molecule has 4 heteroatoms. The van der Waals surface area contributed by atoms with Gasteiger partial charge in [0.1, 0.15) is 5.69 Å². The fourth-order valence-electron chi connectivity index (χ4n) is 1.34. The number of pyridine rings is 1. The molecule has 0 fully saturated rings. The SMILES string of the molecule is Cc1nn(C)c2ncccc2c1=O. The molecule has 0 aromatic carbocycles. The zero-order valence-corrected chi connectivity index (χ0v) is 7.48. The summed E-state index contributed by atoms with van der Waals surface area (Å²) in [6.07, 6.45) is 1.65. The average Bonchev–Trinajstić information content (AvgIpc) is 2.15. The van der Waals surface area contributed by atoms with Gasteiger partial charge >= 0.3 is 0 Å². The number of aromatic nitrogens is 3. The summed E-state index contributed by atoms with van der Waals surface area (Å²) in [5, 5.41) is 4.67. The van der Waals surface area contributed by atoms with Gasteiger partial charge in [-0.25, -0.2) is 4.98 Å². The summed E-state index contributed by atoms with van der Waals surface area (Å²) in [6.45, 7) is 1.70. The summed E-state index contributed by atoms with van der Waals surface area (Å²) in [6, 6.07) is 3.52. The predicted molar refractivity (Wildman–Crippen MR) is 49.5 cm³/mol. The Morgan fingerprint density at radius 1 is 1.46 bits per heavy atom. The molecule has 66 valence electrons. The van der Waals surface area contributed by atoms with E-state index in [2.05, 4.69) is 10.1 Å². The summed E-state index contributed by atoms with van der Waals surface area (Å²) >= 11 is 0. The smallest absolute Gasteiger partial charge is 0.212 e. The molecule has 0 amide bonds. The molecule has 2 rings (SSSR count). The van der Waals surface area contributed by atoms with Crippen molar-refractivity contribution in [2.24, 2.45) is 7.05 Å². The van der Waals surface area contributed by atoms with E-state index in [1.165, 1.54) is 0 Å². The lowest BCUT2D eigenvalue weighted by Crippen LogP contribution is -2.15. The van der Waals surface area contributed by atoms with E-state index in [1.54, 1.807) is 37.0 Å². The zero-order chi connectivity index (χ0) is 9.42. The molecule has 0 aliphatic rings. The lowest BCUT2D eigenvalue weighted by atomic mass is 10.2. The Bertz CT molecular complexity index is 516. The van der Waals surface area contributed by atoms with E-state index in [1.807, 2.05) is 0 Å². The molecular formula is C9H9N3O. The minimum absolute atomic E-state index is 0.0406. The van der Waals surface area contributed by atoms with Crippen molar-refractivity contribution in [1.82, 2.24) is 14.8 Å². The second-order valence-corrected chi connectivity index (χ2v) is 2.91. The van der Waals surface area contributed by atoms with Crippen molar-refractivity contribution in [2.75, 3.05) is 0 Å². The van der Waals surface area contributed by atoms with Gasteiger partial charge in [0.25, 0.3) is 0 Å². The molecule has 0 atom stereocenters. The Hall–Kier alpha value is -1.71. The first-order chi connectivity index (χ1) is 6.20. The van der Waals surface area contributed by atoms with E-state index >= 15 is 0 Å². The maximum atomic E-state index is 11.6. The normalized spacial score (nSPS) is 10.6. The maximum absolute atomic E-state index is 11.6. The molecule has 0 N–H and O–H groups in total. The van der Waals surface area contributed by atoms with E-state index < -0.39 is 0 Å². The van der Waals surface area contributed by atoms with Crippen LogP contribution in [-0.2, 0) is 7.05 Å². The van der Waals surface area contributed by atoms with Gasteiger partial charge in [-0.15, -0.1) is 0 Å². The second-order valence-electron chi connectivity index (χ2n) is 2.91. The third kappa shape index (κ3) is 1.11. The van der Waals surface area contributed by atoms with Crippen molar-refractivity contribution < 1.29 is 0 Å². The Morgan fingerprint density at radius 2 is 2.23 bits per heavy atom. The van der Waals surface area contributed by atoms with Gasteiger partial charge in [-0.3, -0.25) is 9.48 Å². The average molecular weight is 175 g/mol. The molecule has 0 radical (unpaired) electrons. The van der Waals surface area contributed by atoms with E-state index in [9.17, 15) is 4.79 Å². The summed E-state index contributed by atoms with van der Waals surface area (Å²) in [5.74, 6) is 0. The maximum Gasteiger partial charge on any atom is 0.212 e. The standard InChI is InChI=1S/C9H9N3O/c1-6-8(13)7-4-3-5-10-9(7)12(2)11-6/h3-5H,1-2H3. The van der Waals surface area contributed by atoms with Gasteiger partial charge in [0, 0.05) is 13.2 Å². The molecule has 0 bridgehead atoms. The molecule has 0 aliphatic carbocycles. The quantitative estimate of drug-likeness (QED) is 0.590. The lowest BCUT2D eigenvalue weighted by Gasteiger charge is -2.02. The number of rotatable bonds is 0. The Morgan fingerprint density at radius 3 is 3.00 bits per heavy atom. The Balaban J connectivity index is 3.06. The van der Waals surface area contributed by atoms with Crippen LogP contribution in [-0.4, -0.2) is 14.8 Å². The van der Waals surface area contributed by atoms with Crippen molar-refractivity contribution >= 4 is 11.0 Å². The number of hydrogen-bond acceptors (Lipinski definition) is 3. The topological polar surface area (TPSA) is 47.8 Å². The minimum Gasteiger partial charge on any atom is -0.287 e. The van der Waals surface area contributed by atoms with Crippen molar-refractivity contribution in [3.63, 3.8) is 0 Å². The summed E-state index contributed by atoms with van der Waals surface area (Å²) in [7, 11) is 1.78. The van der Waals surface area contributed by atoms with E-state index in [0.29, 0.717) is 16.7 Å². The lowest BCUT2D eigenvalue weighted by molar-refractivity contribution is 0.743. The molecule has 2 aromatic heterocycles. The van der Waals surface area contributed by atoms with Crippen LogP contribution in [0.25, 0.3) is 11.0 Å². The number of fused-ring (bicyclic) bond motifs is 1. The van der Waals surface area contributed by atoms with Crippen LogP contribution >= 0.6 is 0 Å². The van der Waals surface area contributed by atoms with Gasteiger partial charge in [-0.05, 0) is 19.1 Å². The van der Waals surface area contributed by atoms with Crippen molar-refractivity contribution in [1.29, 1.82) is 0 Å². The van der Waals surface area contributed by atoms with Gasteiger partial charge in [-0.1, -0.05) is 0 Å². The Kier molecular flexibility index (Phi) is 1.62. The second kappa shape index (κ2) is 2.65. The first-order valence-corrected chi connectivity index (χ1v) is 3.99. The highest BCUT2D eigenvalue weighted by Crippen LogP contribution is 2.03. The van der Waals surface area contributed by atoms with Crippen molar-refractivity contribution in [3.8, 4) is 0 Å². The van der Waals surface area contributed by atoms with E-state index in [-0.39, 0.29) is 5.43 Å². The minimum atomic E-state index is -0.0406. The Labute approximate surface area is 74.8 Å². The predicted octanol–water partition coefficient (Wildman–Crippen LogP) is 0.637. The number of nitrogens with zero attached hydrogens (tertiary/aromatic N) is 3. The molecule has 0 aliphatic heterocycles. The fourth-order valence-corrected chi connectivity index (χ4v) is 1.34. The first-order valence-electron chi connectivity index (χ1n) is 3.99. The molecule has 2 aromatic rings. The van der Waals surface area contributed by atoms with Gasteiger partial charge < -0.3 is 0 Å². The number of hydrogen-bond donors (Lipinski definition) is 0. The highest BCUT2D eigenvalue weighted by atomic mass is 16.1. The van der Waals surface area contributed by atoms with Crippen LogP contribution < -0.4 is 5.43 Å². The molecule has 0 unspecified atom stereocenters. The summed E-state index contributed by atoms with van der Waals surface area (Å²) < 4.78 is 1.62. The summed E-state index contributed by atoms with van der Waals surface area (Å²) in [4.78, 5) is 15.6. The largest absolute Gasteiger partial charge is 0.287 e. The molecule has 13 heavy (non-hydrogen) atoms. The van der Waals surface area contributed by atoms with E-state index in [0.717, 1.165) is 0 Å². The number of aryl methyl sites for hydroxylation is 2. The van der Waals surface area contributed by atoms with Crippen LogP contribution in [0.4, 0.5) is 0 Å². The van der Waals surface area contributed by atoms with Crippen LogP contribution in [0.15, 0.2) is 23.1 Å².